The van der Waals surface area contributed by atoms with Gasteiger partial charge >= 0.3 is 6.18 Å². The number of fused-ring (bicyclic) bond motifs is 1. The molecule has 4 nitrogen and oxygen atoms in total. The summed E-state index contributed by atoms with van der Waals surface area (Å²) >= 11 is 1.63. The molecule has 0 saturated heterocycles. The molecule has 0 saturated carbocycles. The zero-order valence-corrected chi connectivity index (χ0v) is 12.5. The van der Waals surface area contributed by atoms with Gasteiger partial charge in [0.25, 0.3) is 5.91 Å². The lowest BCUT2D eigenvalue weighted by Crippen LogP contribution is -2.36. The van der Waals surface area contributed by atoms with Gasteiger partial charge in [-0.05, 0) is 30.4 Å². The van der Waals surface area contributed by atoms with E-state index in [1.54, 1.807) is 11.3 Å². The number of nitrogens with zero attached hydrogens (tertiary/aromatic N) is 3. The highest BCUT2D eigenvalue weighted by atomic mass is 32.1. The van der Waals surface area contributed by atoms with Crippen LogP contribution in [-0.2, 0) is 19.1 Å². The lowest BCUT2D eigenvalue weighted by Gasteiger charge is -2.26. The van der Waals surface area contributed by atoms with Crippen molar-refractivity contribution in [2.75, 3.05) is 6.54 Å². The van der Waals surface area contributed by atoms with E-state index in [0.717, 1.165) is 18.1 Å². The van der Waals surface area contributed by atoms with Gasteiger partial charge in [-0.3, -0.25) is 4.79 Å². The van der Waals surface area contributed by atoms with Gasteiger partial charge in [0.1, 0.15) is 17.2 Å². The minimum absolute atomic E-state index is 0.0635. The number of carbonyl (C=O) groups is 1. The smallest absolute Gasteiger partial charge is 0.333 e. The predicted octanol–water partition coefficient (Wildman–Crippen LogP) is 3.06. The molecule has 116 valence electrons. The van der Waals surface area contributed by atoms with E-state index in [-0.39, 0.29) is 11.5 Å². The molecule has 1 aliphatic rings. The monoisotopic (exact) mass is 327 g/mol. The Bertz CT molecular complexity index is 726. The molecule has 0 fully saturated rings. The number of amides is 1. The van der Waals surface area contributed by atoms with E-state index in [2.05, 4.69) is 9.97 Å². The molecule has 0 unspecified atom stereocenters. The molecule has 8 heteroatoms. The highest BCUT2D eigenvalue weighted by molar-refractivity contribution is 7.10. The molecule has 1 aliphatic heterocycles. The summed E-state index contributed by atoms with van der Waals surface area (Å²) in [4.78, 5) is 22.4. The molecular formula is C14H12F3N3OS. The number of hydrogen-bond acceptors (Lipinski definition) is 4. The van der Waals surface area contributed by atoms with E-state index in [0.29, 0.717) is 13.1 Å². The van der Waals surface area contributed by atoms with Crippen LogP contribution < -0.4 is 0 Å². The molecule has 3 heterocycles. The minimum Gasteiger partial charge on any atom is -0.333 e. The SMILES string of the molecule is Cc1nc(C(=O)N2CCc3sccc3C2)cc(C(F)(F)F)n1. The fourth-order valence-corrected chi connectivity index (χ4v) is 3.30. The Morgan fingerprint density at radius 2 is 2.14 bits per heavy atom. The first-order chi connectivity index (χ1) is 10.3. The van der Waals surface area contributed by atoms with Crippen molar-refractivity contribution in [3.63, 3.8) is 0 Å². The van der Waals surface area contributed by atoms with Gasteiger partial charge in [0.05, 0.1) is 0 Å². The van der Waals surface area contributed by atoms with Crippen molar-refractivity contribution in [1.82, 2.24) is 14.9 Å². The fraction of sp³-hybridized carbons (Fsp3) is 0.357. The van der Waals surface area contributed by atoms with Crippen LogP contribution in [0.3, 0.4) is 0 Å². The number of rotatable bonds is 1. The second-order valence-corrected chi connectivity index (χ2v) is 6.03. The fourth-order valence-electron chi connectivity index (χ4n) is 2.41. The normalized spacial score (nSPS) is 14.8. The van der Waals surface area contributed by atoms with E-state index in [9.17, 15) is 18.0 Å². The lowest BCUT2D eigenvalue weighted by molar-refractivity contribution is -0.141. The van der Waals surface area contributed by atoms with Crippen LogP contribution in [0.4, 0.5) is 13.2 Å². The zero-order chi connectivity index (χ0) is 15.9. The molecule has 1 amide bonds. The van der Waals surface area contributed by atoms with Crippen LogP contribution in [0.2, 0.25) is 0 Å². The van der Waals surface area contributed by atoms with Gasteiger partial charge in [0, 0.05) is 24.0 Å². The van der Waals surface area contributed by atoms with Gasteiger partial charge in [-0.1, -0.05) is 0 Å². The first-order valence-electron chi connectivity index (χ1n) is 6.62. The van der Waals surface area contributed by atoms with Crippen LogP contribution in [0.1, 0.15) is 32.4 Å². The van der Waals surface area contributed by atoms with E-state index in [4.69, 9.17) is 0 Å². The maximum absolute atomic E-state index is 12.8. The summed E-state index contributed by atoms with van der Waals surface area (Å²) < 4.78 is 38.4. The Labute approximate surface area is 128 Å². The molecular weight excluding hydrogens is 315 g/mol. The molecule has 0 N–H and O–H groups in total. The van der Waals surface area contributed by atoms with Gasteiger partial charge in [-0.15, -0.1) is 11.3 Å². The van der Waals surface area contributed by atoms with Gasteiger partial charge in [0.15, 0.2) is 0 Å². The van der Waals surface area contributed by atoms with Crippen LogP contribution in [-0.4, -0.2) is 27.3 Å². The average Bonchev–Trinajstić information content (AvgIpc) is 2.92. The van der Waals surface area contributed by atoms with Crippen molar-refractivity contribution in [3.8, 4) is 0 Å². The Hall–Kier alpha value is -1.96. The molecule has 0 aromatic carbocycles. The third-order valence-corrected chi connectivity index (χ3v) is 4.47. The number of aryl methyl sites for hydroxylation is 1. The highest BCUT2D eigenvalue weighted by Gasteiger charge is 2.34. The number of carbonyl (C=O) groups excluding carboxylic acids is 1. The summed E-state index contributed by atoms with van der Waals surface area (Å²) in [5, 5.41) is 1.95. The van der Waals surface area contributed by atoms with Crippen molar-refractivity contribution in [3.05, 3.63) is 45.2 Å². The van der Waals surface area contributed by atoms with Crippen LogP contribution in [0.5, 0.6) is 0 Å². The third-order valence-electron chi connectivity index (χ3n) is 3.44. The quantitative estimate of drug-likeness (QED) is 0.809. The maximum Gasteiger partial charge on any atom is 0.433 e. The second-order valence-electron chi connectivity index (χ2n) is 5.03. The highest BCUT2D eigenvalue weighted by Crippen LogP contribution is 2.29. The number of hydrogen-bond donors (Lipinski definition) is 0. The first-order valence-corrected chi connectivity index (χ1v) is 7.50. The van der Waals surface area contributed by atoms with Crippen molar-refractivity contribution >= 4 is 17.2 Å². The third kappa shape index (κ3) is 2.83. The van der Waals surface area contributed by atoms with Crippen LogP contribution in [0.15, 0.2) is 17.5 Å². The zero-order valence-electron chi connectivity index (χ0n) is 11.6. The predicted molar refractivity (Wildman–Crippen MR) is 74.5 cm³/mol. The molecule has 3 rings (SSSR count). The summed E-state index contributed by atoms with van der Waals surface area (Å²) in [6.07, 6.45) is -3.87. The summed E-state index contributed by atoms with van der Waals surface area (Å²) in [5.41, 5.74) is -0.249. The van der Waals surface area contributed by atoms with Gasteiger partial charge in [0.2, 0.25) is 0 Å². The van der Waals surface area contributed by atoms with Crippen molar-refractivity contribution in [2.45, 2.75) is 26.1 Å². The van der Waals surface area contributed by atoms with E-state index >= 15 is 0 Å². The van der Waals surface area contributed by atoms with Crippen LogP contribution in [0, 0.1) is 6.92 Å². The maximum atomic E-state index is 12.8. The Morgan fingerprint density at radius 1 is 1.36 bits per heavy atom. The second kappa shape index (κ2) is 5.35. The summed E-state index contributed by atoms with van der Waals surface area (Å²) in [6, 6.07) is 2.66. The molecule has 2 aromatic heterocycles. The Kier molecular flexibility index (Phi) is 3.64. The summed E-state index contributed by atoms with van der Waals surface area (Å²) in [7, 11) is 0. The molecule has 0 bridgehead atoms. The summed E-state index contributed by atoms with van der Waals surface area (Å²) in [5.74, 6) is -0.556. The van der Waals surface area contributed by atoms with E-state index in [1.807, 2.05) is 11.4 Å². The molecule has 0 atom stereocenters. The minimum atomic E-state index is -4.59. The van der Waals surface area contributed by atoms with Gasteiger partial charge < -0.3 is 4.90 Å². The number of alkyl halides is 3. The number of halogens is 3. The lowest BCUT2D eigenvalue weighted by atomic mass is 10.1. The van der Waals surface area contributed by atoms with Gasteiger partial charge in [-0.25, -0.2) is 9.97 Å². The Balaban J connectivity index is 1.88. The topological polar surface area (TPSA) is 46.1 Å². The molecule has 0 spiro atoms. The van der Waals surface area contributed by atoms with Crippen molar-refractivity contribution < 1.29 is 18.0 Å². The first kappa shape index (κ1) is 15.0. The average molecular weight is 327 g/mol. The summed E-state index contributed by atoms with van der Waals surface area (Å²) in [6.45, 7) is 2.23. The molecule has 22 heavy (non-hydrogen) atoms. The van der Waals surface area contributed by atoms with E-state index < -0.39 is 17.8 Å². The van der Waals surface area contributed by atoms with Crippen LogP contribution >= 0.6 is 11.3 Å². The molecule has 0 radical (unpaired) electrons. The van der Waals surface area contributed by atoms with E-state index in [1.165, 1.54) is 16.7 Å². The van der Waals surface area contributed by atoms with Gasteiger partial charge in [-0.2, -0.15) is 13.2 Å². The van der Waals surface area contributed by atoms with Crippen LogP contribution in [0.25, 0.3) is 0 Å². The van der Waals surface area contributed by atoms with Crippen molar-refractivity contribution in [1.29, 1.82) is 0 Å². The standard InChI is InChI=1S/C14H12F3N3OS/c1-8-18-10(6-12(19-8)14(15,16)17)13(21)20-4-2-11-9(7-20)3-5-22-11/h3,5-6H,2,4,7H2,1H3. The molecule has 2 aromatic rings. The number of aromatic nitrogens is 2. The molecule has 0 aliphatic carbocycles. The largest absolute Gasteiger partial charge is 0.433 e. The Morgan fingerprint density at radius 3 is 2.86 bits per heavy atom. The number of thiophene rings is 1. The van der Waals surface area contributed by atoms with Crippen molar-refractivity contribution in [2.24, 2.45) is 0 Å².